The van der Waals surface area contributed by atoms with E-state index in [4.69, 9.17) is 27.9 Å². The number of ether oxygens (including phenoxy) is 1. The van der Waals surface area contributed by atoms with Gasteiger partial charge in [0, 0.05) is 12.1 Å². The van der Waals surface area contributed by atoms with Gasteiger partial charge >= 0.3 is 6.18 Å². The summed E-state index contributed by atoms with van der Waals surface area (Å²) in [6.45, 7) is -0.984. The average molecular weight is 569 g/mol. The number of alkyl halides is 5. The van der Waals surface area contributed by atoms with Gasteiger partial charge in [-0.2, -0.15) is 13.2 Å². The monoisotopic (exact) mass is 568 g/mol. The second kappa shape index (κ2) is 10.9. The number of anilines is 2. The Hall–Kier alpha value is -2.86. The summed E-state index contributed by atoms with van der Waals surface area (Å²) in [4.78, 5) is 20.2. The van der Waals surface area contributed by atoms with Gasteiger partial charge < -0.3 is 20.4 Å². The van der Waals surface area contributed by atoms with Crippen LogP contribution in [0.5, 0.6) is 5.75 Å². The summed E-state index contributed by atoms with van der Waals surface area (Å²) in [6.07, 6.45) is -7.09. The smallest absolute Gasteiger partial charge is 0.391 e. The van der Waals surface area contributed by atoms with E-state index in [1.165, 1.54) is 12.1 Å². The van der Waals surface area contributed by atoms with Crippen molar-refractivity contribution < 1.29 is 35.9 Å². The van der Waals surface area contributed by atoms with E-state index in [-0.39, 0.29) is 64.2 Å². The number of nitrogens with zero attached hydrogens (tertiary/aromatic N) is 1. The summed E-state index contributed by atoms with van der Waals surface area (Å²) in [7, 11) is 0. The molecule has 3 aromatic rings. The van der Waals surface area contributed by atoms with Crippen LogP contribution in [0.1, 0.15) is 36.0 Å². The Kier molecular flexibility index (Phi) is 7.98. The minimum absolute atomic E-state index is 0.0216. The molecule has 0 bridgehead atoms. The normalized spacial score (nSPS) is 18.3. The zero-order chi connectivity index (χ0) is 26.9. The first kappa shape index (κ1) is 27.2. The van der Waals surface area contributed by atoms with Crippen molar-refractivity contribution in [3.8, 4) is 5.75 Å². The molecule has 37 heavy (non-hydrogen) atoms. The number of benzene rings is 2. The molecule has 1 aliphatic rings. The maximum absolute atomic E-state index is 13.5. The summed E-state index contributed by atoms with van der Waals surface area (Å²) in [5, 5.41) is 5.43. The lowest BCUT2D eigenvalue weighted by atomic mass is 9.85. The molecule has 0 unspecified atom stereocenters. The average Bonchev–Trinajstić information content (AvgIpc) is 3.20. The van der Waals surface area contributed by atoms with E-state index in [0.717, 1.165) is 12.1 Å². The van der Waals surface area contributed by atoms with Gasteiger partial charge in [-0.15, -0.1) is 0 Å². The van der Waals surface area contributed by atoms with Crippen LogP contribution < -0.4 is 15.4 Å². The Bertz CT molecular complexity index is 1270. The number of halogens is 8. The fourth-order valence-corrected chi connectivity index (χ4v) is 4.71. The highest BCUT2D eigenvalue weighted by molar-refractivity contribution is 6.39. The number of rotatable bonds is 7. The van der Waals surface area contributed by atoms with Gasteiger partial charge in [0.15, 0.2) is 0 Å². The number of carbonyl (C=O) groups excluding carboxylic acids is 1. The lowest BCUT2D eigenvalue weighted by Crippen LogP contribution is -2.40. The number of amides is 1. The van der Waals surface area contributed by atoms with Crippen molar-refractivity contribution in [3.63, 3.8) is 0 Å². The summed E-state index contributed by atoms with van der Waals surface area (Å²) in [5.41, 5.74) is 0.600. The molecule has 1 fully saturated rings. The number of nitrogens with one attached hydrogen (secondary N) is 3. The van der Waals surface area contributed by atoms with Crippen LogP contribution in [0.15, 0.2) is 24.3 Å². The first-order valence-electron chi connectivity index (χ1n) is 11.1. The fourth-order valence-electron chi connectivity index (χ4n) is 4.15. The number of carbonyl (C=O) groups is 1. The highest BCUT2D eigenvalue weighted by Gasteiger charge is 2.41. The molecule has 0 radical (unpaired) electrons. The molecule has 6 nitrogen and oxygen atoms in total. The predicted octanol–water partition coefficient (Wildman–Crippen LogP) is 7.25. The van der Waals surface area contributed by atoms with Gasteiger partial charge in [0.05, 0.1) is 38.2 Å². The van der Waals surface area contributed by atoms with Crippen molar-refractivity contribution in [1.82, 2.24) is 15.3 Å². The molecule has 3 N–H and O–H groups in total. The zero-order valence-corrected chi connectivity index (χ0v) is 20.4. The number of imidazole rings is 1. The van der Waals surface area contributed by atoms with Crippen LogP contribution in [-0.4, -0.2) is 41.1 Å². The van der Waals surface area contributed by atoms with Crippen LogP contribution >= 0.6 is 23.2 Å². The number of aromatic amines is 1. The van der Waals surface area contributed by atoms with Crippen molar-refractivity contribution in [1.29, 1.82) is 0 Å². The third kappa shape index (κ3) is 6.53. The number of hydrogen-bond donors (Lipinski definition) is 3. The van der Waals surface area contributed by atoms with E-state index in [2.05, 4.69) is 20.6 Å². The highest BCUT2D eigenvalue weighted by Crippen LogP contribution is 2.38. The minimum Gasteiger partial charge on any atom is -0.487 e. The third-order valence-electron chi connectivity index (χ3n) is 5.97. The van der Waals surface area contributed by atoms with Gasteiger partial charge in [-0.05, 0) is 43.9 Å². The maximum atomic E-state index is 13.5. The Morgan fingerprint density at radius 3 is 2.35 bits per heavy atom. The quantitative estimate of drug-likeness (QED) is 0.262. The van der Waals surface area contributed by atoms with Crippen LogP contribution in [0.4, 0.5) is 38.0 Å². The molecule has 1 saturated carbocycles. The number of fused-ring (bicyclic) bond motifs is 1. The topological polar surface area (TPSA) is 79.0 Å². The molecular weight excluding hydrogens is 549 g/mol. The molecule has 0 spiro atoms. The predicted molar refractivity (Wildman–Crippen MR) is 127 cm³/mol. The van der Waals surface area contributed by atoms with Gasteiger partial charge in [0.25, 0.3) is 12.3 Å². The molecule has 0 aliphatic heterocycles. The second-order valence-corrected chi connectivity index (χ2v) is 9.40. The van der Waals surface area contributed by atoms with Crippen LogP contribution in [0.25, 0.3) is 11.0 Å². The Labute approximate surface area is 216 Å². The van der Waals surface area contributed by atoms with Crippen LogP contribution in [0.3, 0.4) is 0 Å². The second-order valence-electron chi connectivity index (χ2n) is 8.59. The Morgan fingerprint density at radius 2 is 1.76 bits per heavy atom. The molecule has 200 valence electrons. The Balaban J connectivity index is 1.58. The third-order valence-corrected chi connectivity index (χ3v) is 6.56. The van der Waals surface area contributed by atoms with Crippen LogP contribution in [0, 0.1) is 11.7 Å². The first-order chi connectivity index (χ1) is 17.4. The largest absolute Gasteiger partial charge is 0.487 e. The molecular formula is C23H20Cl2F6N4O2. The molecule has 1 aromatic heterocycles. The summed E-state index contributed by atoms with van der Waals surface area (Å²) in [5.74, 6) is -2.81. The zero-order valence-electron chi connectivity index (χ0n) is 18.9. The standard InChI is InChI=1S/C23H20Cl2F6N4O2/c24-14-5-11(26)6-15(25)20(14)35-22-33-16-7-13(18(8-17(16)34-22)37-9-19(27)28)21(36)32-12-3-1-10(2-4-12)23(29,30)31/h5-8,10,12,19H,1-4,9H2,(H,32,36)(H2,33,34,35)/t10-,12-. The maximum Gasteiger partial charge on any atom is 0.391 e. The molecule has 1 heterocycles. The van der Waals surface area contributed by atoms with E-state index in [1.54, 1.807) is 0 Å². The van der Waals surface area contributed by atoms with Gasteiger partial charge in [-0.1, -0.05) is 23.2 Å². The minimum atomic E-state index is -4.29. The number of aromatic nitrogens is 2. The van der Waals surface area contributed by atoms with Gasteiger partial charge in [0.2, 0.25) is 5.95 Å². The molecule has 0 saturated heterocycles. The summed E-state index contributed by atoms with van der Waals surface area (Å²) in [6, 6.07) is 4.18. The van der Waals surface area contributed by atoms with Crippen molar-refractivity contribution in [2.24, 2.45) is 5.92 Å². The lowest BCUT2D eigenvalue weighted by molar-refractivity contribution is -0.182. The first-order valence-corrected chi connectivity index (χ1v) is 11.9. The van der Waals surface area contributed by atoms with E-state index in [9.17, 15) is 31.1 Å². The van der Waals surface area contributed by atoms with Crippen molar-refractivity contribution >= 4 is 51.8 Å². The van der Waals surface area contributed by atoms with Crippen LogP contribution in [0.2, 0.25) is 10.0 Å². The molecule has 1 aliphatic carbocycles. The highest BCUT2D eigenvalue weighted by atomic mass is 35.5. The van der Waals surface area contributed by atoms with E-state index in [1.807, 2.05) is 0 Å². The van der Waals surface area contributed by atoms with Gasteiger partial charge in [0.1, 0.15) is 18.2 Å². The summed E-state index contributed by atoms with van der Waals surface area (Å²) >= 11 is 12.1. The van der Waals surface area contributed by atoms with Crippen LogP contribution in [-0.2, 0) is 0 Å². The van der Waals surface area contributed by atoms with E-state index >= 15 is 0 Å². The number of hydrogen-bond acceptors (Lipinski definition) is 4. The van der Waals surface area contributed by atoms with Gasteiger partial charge in [-0.3, -0.25) is 4.79 Å². The van der Waals surface area contributed by atoms with Crippen molar-refractivity contribution in [3.05, 3.63) is 45.7 Å². The van der Waals surface area contributed by atoms with Crippen molar-refractivity contribution in [2.45, 2.75) is 44.3 Å². The van der Waals surface area contributed by atoms with Crippen molar-refractivity contribution in [2.75, 3.05) is 11.9 Å². The van der Waals surface area contributed by atoms with Gasteiger partial charge in [-0.25, -0.2) is 18.2 Å². The lowest BCUT2D eigenvalue weighted by Gasteiger charge is -2.30. The molecule has 2 aromatic carbocycles. The summed E-state index contributed by atoms with van der Waals surface area (Å²) < 4.78 is 83.1. The molecule has 4 rings (SSSR count). The van der Waals surface area contributed by atoms with E-state index < -0.39 is 42.9 Å². The molecule has 1 amide bonds. The fraction of sp³-hybridized carbons (Fsp3) is 0.391. The molecule has 14 heteroatoms. The molecule has 0 atom stereocenters. The SMILES string of the molecule is O=C(N[C@H]1CC[C@H](C(F)(F)F)CC1)c1cc2nc(Nc3c(Cl)cc(F)cc3Cl)[nH]c2cc1OCC(F)F. The Morgan fingerprint density at radius 1 is 1.11 bits per heavy atom. The number of H-pyrrole nitrogens is 1. The van der Waals surface area contributed by atoms with E-state index in [0.29, 0.717) is 5.52 Å².